The van der Waals surface area contributed by atoms with Gasteiger partial charge in [-0.1, -0.05) is 36.4 Å². The van der Waals surface area contributed by atoms with Crippen LogP contribution in [0.15, 0.2) is 53.0 Å². The first kappa shape index (κ1) is 14.6. The van der Waals surface area contributed by atoms with Crippen molar-refractivity contribution in [2.24, 2.45) is 0 Å². The second-order valence-corrected chi connectivity index (χ2v) is 6.20. The molecule has 0 amide bonds. The van der Waals surface area contributed by atoms with Gasteiger partial charge in [-0.15, -0.1) is 0 Å². The summed E-state index contributed by atoms with van der Waals surface area (Å²) in [5, 5.41) is 0. The number of hydrogen-bond acceptors (Lipinski definition) is 1. The van der Waals surface area contributed by atoms with Crippen LogP contribution in [0.5, 0.6) is 5.75 Å². The number of benzene rings is 2. The van der Waals surface area contributed by atoms with Gasteiger partial charge in [-0.05, 0) is 74.8 Å². The standard InChI is InChI=1S/C16H14BrIO/c1-12-10-14(17)16(15(18)11-12)19-9-5-8-13-6-3-2-4-7-13/h2-8,10-11H,9H2,1H3. The Labute approximate surface area is 136 Å². The van der Waals surface area contributed by atoms with Crippen molar-refractivity contribution in [3.8, 4) is 5.75 Å². The third-order valence-electron chi connectivity index (χ3n) is 2.58. The van der Waals surface area contributed by atoms with Crippen LogP contribution in [0.1, 0.15) is 11.1 Å². The number of rotatable bonds is 4. The van der Waals surface area contributed by atoms with Crippen LogP contribution < -0.4 is 4.74 Å². The minimum atomic E-state index is 0.562. The van der Waals surface area contributed by atoms with Crippen LogP contribution in [0.3, 0.4) is 0 Å². The summed E-state index contributed by atoms with van der Waals surface area (Å²) in [5.41, 5.74) is 2.41. The molecule has 0 bridgehead atoms. The highest BCUT2D eigenvalue weighted by atomic mass is 127. The molecule has 0 aromatic heterocycles. The summed E-state index contributed by atoms with van der Waals surface area (Å²) in [6.07, 6.45) is 4.09. The van der Waals surface area contributed by atoms with Crippen molar-refractivity contribution in [1.29, 1.82) is 0 Å². The van der Waals surface area contributed by atoms with Gasteiger partial charge in [0, 0.05) is 0 Å². The van der Waals surface area contributed by atoms with E-state index in [-0.39, 0.29) is 0 Å². The minimum absolute atomic E-state index is 0.562. The Morgan fingerprint density at radius 2 is 1.95 bits per heavy atom. The monoisotopic (exact) mass is 428 g/mol. The normalized spacial score (nSPS) is 10.9. The Kier molecular flexibility index (Phi) is 5.45. The highest BCUT2D eigenvalue weighted by Gasteiger charge is 2.06. The Bertz CT molecular complexity index is 556. The summed E-state index contributed by atoms with van der Waals surface area (Å²) in [4.78, 5) is 0. The third-order valence-corrected chi connectivity index (χ3v) is 3.97. The van der Waals surface area contributed by atoms with E-state index in [9.17, 15) is 0 Å². The zero-order chi connectivity index (χ0) is 13.7. The number of hydrogen-bond donors (Lipinski definition) is 0. The Morgan fingerprint density at radius 1 is 1.21 bits per heavy atom. The number of halogens is 2. The lowest BCUT2D eigenvalue weighted by Crippen LogP contribution is -1.97. The number of aryl methyl sites for hydroxylation is 1. The maximum absolute atomic E-state index is 5.80. The predicted molar refractivity (Wildman–Crippen MR) is 92.6 cm³/mol. The molecule has 0 heterocycles. The summed E-state index contributed by atoms with van der Waals surface area (Å²) < 4.78 is 7.93. The molecule has 98 valence electrons. The van der Waals surface area contributed by atoms with Crippen LogP contribution in [0.25, 0.3) is 6.08 Å². The topological polar surface area (TPSA) is 9.23 Å². The Morgan fingerprint density at radius 3 is 2.63 bits per heavy atom. The molecule has 0 aliphatic rings. The van der Waals surface area contributed by atoms with E-state index in [1.54, 1.807) is 0 Å². The Balaban J connectivity index is 1.98. The van der Waals surface area contributed by atoms with Crippen molar-refractivity contribution in [2.45, 2.75) is 6.92 Å². The first-order valence-corrected chi connectivity index (χ1v) is 7.84. The molecule has 2 aromatic rings. The van der Waals surface area contributed by atoms with E-state index in [0.717, 1.165) is 13.8 Å². The molecule has 0 aliphatic carbocycles. The third kappa shape index (κ3) is 4.35. The highest BCUT2D eigenvalue weighted by molar-refractivity contribution is 14.1. The van der Waals surface area contributed by atoms with Gasteiger partial charge in [-0.2, -0.15) is 0 Å². The molecule has 0 saturated carbocycles. The predicted octanol–water partition coefficient (Wildman–Crippen LogP) is 5.45. The van der Waals surface area contributed by atoms with Crippen molar-refractivity contribution in [3.63, 3.8) is 0 Å². The van der Waals surface area contributed by atoms with Gasteiger partial charge in [-0.3, -0.25) is 0 Å². The summed E-state index contributed by atoms with van der Waals surface area (Å²) in [6, 6.07) is 14.4. The van der Waals surface area contributed by atoms with Crippen LogP contribution in [0.2, 0.25) is 0 Å². The quantitative estimate of drug-likeness (QED) is 0.588. The molecule has 0 saturated heterocycles. The van der Waals surface area contributed by atoms with E-state index in [4.69, 9.17) is 4.74 Å². The van der Waals surface area contributed by atoms with Gasteiger partial charge in [0.1, 0.15) is 12.4 Å². The minimum Gasteiger partial charge on any atom is -0.487 e. The van der Waals surface area contributed by atoms with Crippen molar-refractivity contribution in [1.82, 2.24) is 0 Å². The molecule has 0 atom stereocenters. The highest BCUT2D eigenvalue weighted by Crippen LogP contribution is 2.31. The average molecular weight is 429 g/mol. The molecule has 2 rings (SSSR count). The molecule has 1 nitrogen and oxygen atoms in total. The molecule has 3 heteroatoms. The second-order valence-electron chi connectivity index (χ2n) is 4.18. The van der Waals surface area contributed by atoms with Gasteiger partial charge >= 0.3 is 0 Å². The lowest BCUT2D eigenvalue weighted by Gasteiger charge is -2.09. The fourth-order valence-electron chi connectivity index (χ4n) is 1.70. The van der Waals surface area contributed by atoms with E-state index in [2.05, 4.69) is 75.8 Å². The van der Waals surface area contributed by atoms with Crippen LogP contribution in [-0.4, -0.2) is 6.61 Å². The molecule has 19 heavy (non-hydrogen) atoms. The second kappa shape index (κ2) is 7.10. The van der Waals surface area contributed by atoms with Crippen LogP contribution in [0, 0.1) is 10.5 Å². The van der Waals surface area contributed by atoms with Gasteiger partial charge in [0.25, 0.3) is 0 Å². The van der Waals surface area contributed by atoms with Crippen LogP contribution in [-0.2, 0) is 0 Å². The van der Waals surface area contributed by atoms with Crippen molar-refractivity contribution in [3.05, 3.63) is 67.7 Å². The molecule has 0 aliphatic heterocycles. The van der Waals surface area contributed by atoms with Gasteiger partial charge in [-0.25, -0.2) is 0 Å². The van der Waals surface area contributed by atoms with Gasteiger partial charge in [0.2, 0.25) is 0 Å². The molecule has 2 aromatic carbocycles. The SMILES string of the molecule is Cc1cc(Br)c(OCC=Cc2ccccc2)c(I)c1. The van der Waals surface area contributed by atoms with E-state index in [1.165, 1.54) is 11.1 Å². The van der Waals surface area contributed by atoms with Crippen molar-refractivity contribution in [2.75, 3.05) is 6.61 Å². The summed E-state index contributed by atoms with van der Waals surface area (Å²) in [6.45, 7) is 2.64. The van der Waals surface area contributed by atoms with Gasteiger partial charge < -0.3 is 4.74 Å². The maximum atomic E-state index is 5.80. The maximum Gasteiger partial charge on any atom is 0.147 e. The van der Waals surface area contributed by atoms with Crippen LogP contribution in [0.4, 0.5) is 0 Å². The van der Waals surface area contributed by atoms with E-state index >= 15 is 0 Å². The smallest absolute Gasteiger partial charge is 0.147 e. The fraction of sp³-hybridized carbons (Fsp3) is 0.125. The van der Waals surface area contributed by atoms with E-state index < -0.39 is 0 Å². The lowest BCUT2D eigenvalue weighted by molar-refractivity contribution is 0.358. The molecule has 0 fully saturated rings. The number of ether oxygens (including phenoxy) is 1. The van der Waals surface area contributed by atoms with E-state index in [0.29, 0.717) is 6.61 Å². The molecular weight excluding hydrogens is 415 g/mol. The Hall–Kier alpha value is -0.810. The van der Waals surface area contributed by atoms with Gasteiger partial charge in [0.05, 0.1) is 8.04 Å². The molecule has 0 spiro atoms. The van der Waals surface area contributed by atoms with Crippen molar-refractivity contribution >= 4 is 44.6 Å². The molecule has 0 N–H and O–H groups in total. The fourth-order valence-corrected chi connectivity index (χ4v) is 3.70. The average Bonchev–Trinajstić information content (AvgIpc) is 2.38. The lowest BCUT2D eigenvalue weighted by atomic mass is 10.2. The molecule has 0 unspecified atom stereocenters. The first-order chi connectivity index (χ1) is 9.16. The summed E-state index contributed by atoms with van der Waals surface area (Å²) >= 11 is 5.84. The molecule has 0 radical (unpaired) electrons. The largest absolute Gasteiger partial charge is 0.487 e. The van der Waals surface area contributed by atoms with Gasteiger partial charge in [0.15, 0.2) is 0 Å². The van der Waals surface area contributed by atoms with E-state index in [1.807, 2.05) is 24.3 Å². The molecular formula is C16H14BrIO. The summed E-state index contributed by atoms with van der Waals surface area (Å²) in [7, 11) is 0. The van der Waals surface area contributed by atoms with Crippen molar-refractivity contribution < 1.29 is 4.74 Å². The first-order valence-electron chi connectivity index (χ1n) is 5.97. The zero-order valence-corrected chi connectivity index (χ0v) is 14.3. The zero-order valence-electron chi connectivity index (χ0n) is 10.6. The van der Waals surface area contributed by atoms with Crippen LogP contribution >= 0.6 is 38.5 Å². The summed E-state index contributed by atoms with van der Waals surface area (Å²) in [5.74, 6) is 0.906.